The molecule has 0 radical (unpaired) electrons. The topological polar surface area (TPSA) is 48.7 Å². The van der Waals surface area contributed by atoms with E-state index in [9.17, 15) is 5.26 Å². The summed E-state index contributed by atoms with van der Waals surface area (Å²) in [4.78, 5) is 4.42. The second-order valence-corrected chi connectivity index (χ2v) is 5.02. The molecule has 0 aliphatic carbocycles. The molecule has 0 fully saturated rings. The molecule has 20 heavy (non-hydrogen) atoms. The van der Waals surface area contributed by atoms with Gasteiger partial charge in [-0.05, 0) is 49.9 Å². The summed E-state index contributed by atoms with van der Waals surface area (Å²) in [7, 11) is 0. The molecule has 0 aliphatic rings. The maximum absolute atomic E-state index is 9.22. The smallest absolute Gasteiger partial charge is 0.144 e. The van der Waals surface area contributed by atoms with Crippen molar-refractivity contribution in [3.8, 4) is 6.07 Å². The normalized spacial score (nSPS) is 10.1. The summed E-state index contributed by atoms with van der Waals surface area (Å²) in [5.41, 5.74) is 5.16. The molecule has 0 spiro atoms. The van der Waals surface area contributed by atoms with E-state index in [2.05, 4.69) is 41.5 Å². The lowest BCUT2D eigenvalue weighted by Gasteiger charge is -2.11. The van der Waals surface area contributed by atoms with Crippen LogP contribution in [0.5, 0.6) is 0 Å². The van der Waals surface area contributed by atoms with E-state index in [-0.39, 0.29) is 0 Å². The fourth-order valence-electron chi connectivity index (χ4n) is 2.31. The third kappa shape index (κ3) is 3.16. The highest BCUT2D eigenvalue weighted by Crippen LogP contribution is 2.17. The molecule has 0 aliphatic heterocycles. The lowest BCUT2D eigenvalue weighted by molar-refractivity contribution is 0.985. The highest BCUT2D eigenvalue weighted by molar-refractivity contribution is 5.56. The van der Waals surface area contributed by atoms with Gasteiger partial charge in [-0.3, -0.25) is 0 Å². The first-order chi connectivity index (χ1) is 9.61. The molecule has 102 valence electrons. The molecule has 1 N–H and O–H groups in total. The Morgan fingerprint density at radius 1 is 1.15 bits per heavy atom. The number of aryl methyl sites for hydroxylation is 3. The number of aromatic nitrogens is 1. The average Bonchev–Trinajstić information content (AvgIpc) is 2.40. The van der Waals surface area contributed by atoms with E-state index in [1.165, 1.54) is 11.1 Å². The molecule has 3 nitrogen and oxygen atoms in total. The van der Waals surface area contributed by atoms with Gasteiger partial charge in [-0.2, -0.15) is 5.26 Å². The number of nitriles is 1. The summed E-state index contributed by atoms with van der Waals surface area (Å²) in [5.74, 6) is 0.693. The number of hydrogen-bond donors (Lipinski definition) is 1. The number of hydrogen-bond acceptors (Lipinski definition) is 3. The Hall–Kier alpha value is -2.34. The Labute approximate surface area is 120 Å². The van der Waals surface area contributed by atoms with Crippen molar-refractivity contribution >= 4 is 5.82 Å². The standard InChI is InChI=1S/C17H19N3/c1-12-6-4-5-7-15(12)8-9-19-17-16(11-18)13(2)10-14(3)20-17/h4-7,10H,8-9H2,1-3H3,(H,19,20). The van der Waals surface area contributed by atoms with Crippen molar-refractivity contribution in [2.24, 2.45) is 0 Å². The van der Waals surface area contributed by atoms with Gasteiger partial charge in [0.1, 0.15) is 11.9 Å². The predicted octanol–water partition coefficient (Wildman–Crippen LogP) is 3.53. The van der Waals surface area contributed by atoms with Crippen LogP contribution in [0.3, 0.4) is 0 Å². The highest BCUT2D eigenvalue weighted by Gasteiger charge is 2.08. The second kappa shape index (κ2) is 6.21. The Bertz CT molecular complexity index is 654. The van der Waals surface area contributed by atoms with Crippen molar-refractivity contribution in [1.82, 2.24) is 4.98 Å². The fraction of sp³-hybridized carbons (Fsp3) is 0.294. The van der Waals surface area contributed by atoms with Gasteiger partial charge in [-0.1, -0.05) is 24.3 Å². The molecule has 3 heteroatoms. The van der Waals surface area contributed by atoms with Gasteiger partial charge in [-0.25, -0.2) is 4.98 Å². The van der Waals surface area contributed by atoms with Gasteiger partial charge in [-0.15, -0.1) is 0 Å². The van der Waals surface area contributed by atoms with E-state index in [4.69, 9.17) is 0 Å². The molecule has 1 aromatic carbocycles. The quantitative estimate of drug-likeness (QED) is 0.920. The number of pyridine rings is 1. The van der Waals surface area contributed by atoms with E-state index >= 15 is 0 Å². The van der Waals surface area contributed by atoms with Gasteiger partial charge in [0.15, 0.2) is 0 Å². The van der Waals surface area contributed by atoms with Crippen LogP contribution in [0.2, 0.25) is 0 Å². The van der Waals surface area contributed by atoms with E-state index in [0.717, 1.165) is 24.2 Å². The minimum atomic E-state index is 0.639. The maximum Gasteiger partial charge on any atom is 0.144 e. The second-order valence-electron chi connectivity index (χ2n) is 5.02. The molecular weight excluding hydrogens is 246 g/mol. The van der Waals surface area contributed by atoms with E-state index < -0.39 is 0 Å². The molecule has 0 amide bonds. The molecule has 0 saturated heterocycles. The van der Waals surface area contributed by atoms with Gasteiger partial charge < -0.3 is 5.32 Å². The summed E-state index contributed by atoms with van der Waals surface area (Å²) in [5, 5.41) is 12.5. The van der Waals surface area contributed by atoms with Crippen LogP contribution >= 0.6 is 0 Å². The monoisotopic (exact) mass is 265 g/mol. The van der Waals surface area contributed by atoms with Crippen LogP contribution in [-0.2, 0) is 6.42 Å². The summed E-state index contributed by atoms with van der Waals surface area (Å²) in [6.45, 7) is 6.78. The van der Waals surface area contributed by atoms with E-state index in [1.807, 2.05) is 26.0 Å². The van der Waals surface area contributed by atoms with Crippen LogP contribution in [0.4, 0.5) is 5.82 Å². The third-order valence-electron chi connectivity index (χ3n) is 3.40. The van der Waals surface area contributed by atoms with Gasteiger partial charge in [0, 0.05) is 12.2 Å². The molecule has 0 saturated carbocycles. The van der Waals surface area contributed by atoms with Gasteiger partial charge in [0.2, 0.25) is 0 Å². The van der Waals surface area contributed by atoms with Gasteiger partial charge in [0.25, 0.3) is 0 Å². The summed E-state index contributed by atoms with van der Waals surface area (Å²) in [6.07, 6.45) is 0.923. The Morgan fingerprint density at radius 3 is 2.60 bits per heavy atom. The largest absolute Gasteiger partial charge is 0.369 e. The average molecular weight is 265 g/mol. The van der Waals surface area contributed by atoms with Gasteiger partial charge in [0.05, 0.1) is 5.56 Å². The molecule has 0 bridgehead atoms. The van der Waals surface area contributed by atoms with Crippen molar-refractivity contribution in [3.63, 3.8) is 0 Å². The van der Waals surface area contributed by atoms with Gasteiger partial charge >= 0.3 is 0 Å². The number of benzene rings is 1. The van der Waals surface area contributed by atoms with E-state index in [0.29, 0.717) is 11.4 Å². The lowest BCUT2D eigenvalue weighted by Crippen LogP contribution is -2.10. The summed E-state index contributed by atoms with van der Waals surface area (Å²) >= 11 is 0. The van der Waals surface area contributed by atoms with Crippen LogP contribution in [0, 0.1) is 32.1 Å². The third-order valence-corrected chi connectivity index (χ3v) is 3.40. The van der Waals surface area contributed by atoms with Crippen LogP contribution in [-0.4, -0.2) is 11.5 Å². The van der Waals surface area contributed by atoms with Crippen molar-refractivity contribution in [2.75, 3.05) is 11.9 Å². The molecule has 1 aromatic heterocycles. The Balaban J connectivity index is 2.09. The number of nitrogens with zero attached hydrogens (tertiary/aromatic N) is 2. The molecular formula is C17H19N3. The van der Waals surface area contributed by atoms with Crippen molar-refractivity contribution in [3.05, 3.63) is 58.3 Å². The van der Waals surface area contributed by atoms with Crippen LogP contribution < -0.4 is 5.32 Å². The van der Waals surface area contributed by atoms with Crippen LogP contribution in [0.25, 0.3) is 0 Å². The molecule has 0 atom stereocenters. The number of nitrogens with one attached hydrogen (secondary N) is 1. The molecule has 1 heterocycles. The SMILES string of the molecule is Cc1cc(C)c(C#N)c(NCCc2ccccc2C)n1. The zero-order valence-electron chi connectivity index (χ0n) is 12.2. The minimum Gasteiger partial charge on any atom is -0.369 e. The Kier molecular flexibility index (Phi) is 4.37. The zero-order valence-corrected chi connectivity index (χ0v) is 12.2. The Morgan fingerprint density at radius 2 is 1.90 bits per heavy atom. The highest BCUT2D eigenvalue weighted by atomic mass is 15.0. The zero-order chi connectivity index (χ0) is 14.5. The minimum absolute atomic E-state index is 0.639. The first kappa shape index (κ1) is 14.1. The maximum atomic E-state index is 9.22. The van der Waals surface area contributed by atoms with Crippen molar-refractivity contribution in [2.45, 2.75) is 27.2 Å². The first-order valence-electron chi connectivity index (χ1n) is 6.78. The lowest BCUT2D eigenvalue weighted by atomic mass is 10.1. The van der Waals surface area contributed by atoms with Crippen LogP contribution in [0.15, 0.2) is 30.3 Å². The number of anilines is 1. The molecule has 2 rings (SSSR count). The summed E-state index contributed by atoms with van der Waals surface area (Å²) < 4.78 is 0. The predicted molar refractivity (Wildman–Crippen MR) is 81.8 cm³/mol. The number of rotatable bonds is 4. The van der Waals surface area contributed by atoms with Crippen molar-refractivity contribution < 1.29 is 0 Å². The van der Waals surface area contributed by atoms with E-state index in [1.54, 1.807) is 0 Å². The molecule has 2 aromatic rings. The molecule has 0 unspecified atom stereocenters. The summed E-state index contributed by atoms with van der Waals surface area (Å²) in [6, 6.07) is 12.5. The van der Waals surface area contributed by atoms with Crippen molar-refractivity contribution in [1.29, 1.82) is 5.26 Å². The van der Waals surface area contributed by atoms with Crippen LogP contribution in [0.1, 0.15) is 27.9 Å². The fourth-order valence-corrected chi connectivity index (χ4v) is 2.31. The first-order valence-corrected chi connectivity index (χ1v) is 6.78.